The summed E-state index contributed by atoms with van der Waals surface area (Å²) in [5.41, 5.74) is 2.10. The quantitative estimate of drug-likeness (QED) is 0.621. The van der Waals surface area contributed by atoms with Crippen LogP contribution >= 0.6 is 0 Å². The average molecular weight is 368 g/mol. The maximum atomic E-state index is 14.0. The van der Waals surface area contributed by atoms with Crippen LogP contribution in [0.25, 0.3) is 11.1 Å². The number of carboxylic acids is 1. The predicted octanol–water partition coefficient (Wildman–Crippen LogP) is 5.23. The zero-order valence-electron chi connectivity index (χ0n) is 14.5. The molecule has 3 nitrogen and oxygen atoms in total. The van der Waals surface area contributed by atoms with E-state index in [0.717, 1.165) is 11.1 Å². The van der Waals surface area contributed by atoms with E-state index < -0.39 is 17.6 Å². The molecule has 0 saturated carbocycles. The minimum absolute atomic E-state index is 0.0536. The Bertz CT molecular complexity index is 916. The van der Waals surface area contributed by atoms with E-state index in [0.29, 0.717) is 17.7 Å². The topological polar surface area (TPSA) is 46.5 Å². The van der Waals surface area contributed by atoms with Crippen LogP contribution in [0.5, 0.6) is 5.75 Å². The Balaban J connectivity index is 1.68. The lowest BCUT2D eigenvalue weighted by atomic mass is 10.0. The highest BCUT2D eigenvalue weighted by Gasteiger charge is 2.11. The molecule has 0 aliphatic heterocycles. The van der Waals surface area contributed by atoms with Crippen molar-refractivity contribution in [1.29, 1.82) is 0 Å². The molecular weight excluding hydrogens is 350 g/mol. The fraction of sp³-hybridized carbons (Fsp3) is 0.136. The number of rotatable bonds is 7. The summed E-state index contributed by atoms with van der Waals surface area (Å²) in [7, 11) is 0. The molecule has 0 saturated heterocycles. The van der Waals surface area contributed by atoms with E-state index in [-0.39, 0.29) is 18.6 Å². The van der Waals surface area contributed by atoms with Gasteiger partial charge in [-0.05, 0) is 53.4 Å². The van der Waals surface area contributed by atoms with Gasteiger partial charge in [0.15, 0.2) is 0 Å². The van der Waals surface area contributed by atoms with Crippen molar-refractivity contribution in [2.45, 2.75) is 19.4 Å². The largest absolute Gasteiger partial charge is 0.489 e. The first-order chi connectivity index (χ1) is 13.0. The molecule has 0 amide bonds. The molecule has 138 valence electrons. The Morgan fingerprint density at radius 2 is 1.56 bits per heavy atom. The molecule has 0 fully saturated rings. The smallest absolute Gasteiger partial charge is 0.303 e. The van der Waals surface area contributed by atoms with Crippen LogP contribution in [-0.2, 0) is 17.8 Å². The molecule has 0 aromatic heterocycles. The van der Waals surface area contributed by atoms with Crippen molar-refractivity contribution in [3.8, 4) is 16.9 Å². The van der Waals surface area contributed by atoms with E-state index in [9.17, 15) is 13.6 Å². The van der Waals surface area contributed by atoms with E-state index in [2.05, 4.69) is 0 Å². The summed E-state index contributed by atoms with van der Waals surface area (Å²) in [6, 6.07) is 17.9. The van der Waals surface area contributed by atoms with E-state index in [1.807, 2.05) is 18.2 Å². The molecule has 1 N–H and O–H groups in total. The summed E-state index contributed by atoms with van der Waals surface area (Å²) in [5.74, 6) is -1.41. The third kappa shape index (κ3) is 4.91. The molecule has 0 heterocycles. The molecule has 0 unspecified atom stereocenters. The molecule has 0 radical (unpaired) electrons. The number of carbonyl (C=O) groups is 1. The van der Waals surface area contributed by atoms with Gasteiger partial charge >= 0.3 is 5.97 Å². The highest BCUT2D eigenvalue weighted by molar-refractivity contribution is 5.67. The number of hydrogen-bond acceptors (Lipinski definition) is 2. The van der Waals surface area contributed by atoms with E-state index in [4.69, 9.17) is 9.84 Å². The van der Waals surface area contributed by atoms with Crippen molar-refractivity contribution in [3.63, 3.8) is 0 Å². The van der Waals surface area contributed by atoms with Gasteiger partial charge in [-0.1, -0.05) is 36.4 Å². The van der Waals surface area contributed by atoms with Crippen LogP contribution in [-0.4, -0.2) is 11.1 Å². The molecule has 5 heteroatoms. The Morgan fingerprint density at radius 1 is 0.889 bits per heavy atom. The zero-order valence-corrected chi connectivity index (χ0v) is 14.5. The third-order valence-electron chi connectivity index (χ3n) is 4.13. The molecule has 0 bridgehead atoms. The molecule has 27 heavy (non-hydrogen) atoms. The van der Waals surface area contributed by atoms with Crippen LogP contribution in [0.2, 0.25) is 0 Å². The lowest BCUT2D eigenvalue weighted by Crippen LogP contribution is -1.98. The first-order valence-corrected chi connectivity index (χ1v) is 8.50. The number of carboxylic acid groups (broad SMARTS) is 1. The summed E-state index contributed by atoms with van der Waals surface area (Å²) >= 11 is 0. The Morgan fingerprint density at radius 3 is 2.22 bits per heavy atom. The van der Waals surface area contributed by atoms with Crippen LogP contribution in [0.4, 0.5) is 8.78 Å². The van der Waals surface area contributed by atoms with Crippen molar-refractivity contribution in [3.05, 3.63) is 89.5 Å². The fourth-order valence-corrected chi connectivity index (χ4v) is 2.76. The standard InChI is InChI=1S/C22H18F2O3/c23-19-5-2-6-20(24)22(19)17-4-1-3-16(13-17)14-27-18-10-7-15(8-11-18)9-12-21(25)26/h1-8,10-11,13H,9,12,14H2,(H,25,26). The van der Waals surface area contributed by atoms with Crippen LogP contribution in [0.15, 0.2) is 66.7 Å². The minimum Gasteiger partial charge on any atom is -0.489 e. The van der Waals surface area contributed by atoms with Gasteiger partial charge in [-0.25, -0.2) is 8.78 Å². The van der Waals surface area contributed by atoms with Crippen LogP contribution < -0.4 is 4.74 Å². The molecule has 0 atom stereocenters. The summed E-state index contributed by atoms with van der Waals surface area (Å²) in [6.07, 6.45) is 0.547. The number of hydrogen-bond donors (Lipinski definition) is 1. The number of benzene rings is 3. The second-order valence-corrected chi connectivity index (χ2v) is 6.12. The number of aliphatic carboxylic acids is 1. The van der Waals surface area contributed by atoms with Gasteiger partial charge < -0.3 is 9.84 Å². The average Bonchev–Trinajstić information content (AvgIpc) is 2.66. The van der Waals surface area contributed by atoms with Crippen LogP contribution in [0.1, 0.15) is 17.5 Å². The van der Waals surface area contributed by atoms with Crippen molar-refractivity contribution >= 4 is 5.97 Å². The molecule has 3 aromatic rings. The van der Waals surface area contributed by atoms with Crippen molar-refractivity contribution in [2.24, 2.45) is 0 Å². The van der Waals surface area contributed by atoms with Crippen LogP contribution in [0, 0.1) is 11.6 Å². The fourth-order valence-electron chi connectivity index (χ4n) is 2.76. The summed E-state index contributed by atoms with van der Waals surface area (Å²) < 4.78 is 33.6. The second-order valence-electron chi connectivity index (χ2n) is 6.12. The molecule has 3 rings (SSSR count). The van der Waals surface area contributed by atoms with Gasteiger partial charge in [0.25, 0.3) is 0 Å². The van der Waals surface area contributed by atoms with Crippen molar-refractivity contribution < 1.29 is 23.4 Å². The first-order valence-electron chi connectivity index (χ1n) is 8.50. The Labute approximate surface area is 155 Å². The van der Waals surface area contributed by atoms with E-state index >= 15 is 0 Å². The number of halogens is 2. The summed E-state index contributed by atoms with van der Waals surface area (Å²) in [6.45, 7) is 0.248. The third-order valence-corrected chi connectivity index (χ3v) is 4.13. The zero-order chi connectivity index (χ0) is 19.2. The molecular formula is C22H18F2O3. The first kappa shape index (κ1) is 18.6. The molecule has 3 aromatic carbocycles. The summed E-state index contributed by atoms with van der Waals surface area (Å²) in [4.78, 5) is 10.6. The van der Waals surface area contributed by atoms with Gasteiger partial charge in [-0.2, -0.15) is 0 Å². The maximum absolute atomic E-state index is 14.0. The number of ether oxygens (including phenoxy) is 1. The maximum Gasteiger partial charge on any atom is 0.303 e. The van der Waals surface area contributed by atoms with Gasteiger partial charge in [0.2, 0.25) is 0 Å². The highest BCUT2D eigenvalue weighted by atomic mass is 19.1. The summed E-state index contributed by atoms with van der Waals surface area (Å²) in [5, 5.41) is 8.71. The molecule has 0 spiro atoms. The van der Waals surface area contributed by atoms with Gasteiger partial charge in [-0.3, -0.25) is 4.79 Å². The van der Waals surface area contributed by atoms with Crippen LogP contribution in [0.3, 0.4) is 0 Å². The lowest BCUT2D eigenvalue weighted by Gasteiger charge is -2.10. The van der Waals surface area contributed by atoms with Gasteiger partial charge in [0, 0.05) is 6.42 Å². The SMILES string of the molecule is O=C(O)CCc1ccc(OCc2cccc(-c3c(F)cccc3F)c2)cc1. The lowest BCUT2D eigenvalue weighted by molar-refractivity contribution is -0.136. The van der Waals surface area contributed by atoms with Crippen molar-refractivity contribution in [2.75, 3.05) is 0 Å². The second kappa shape index (κ2) is 8.45. The molecule has 0 aliphatic carbocycles. The van der Waals surface area contributed by atoms with Gasteiger partial charge in [-0.15, -0.1) is 0 Å². The van der Waals surface area contributed by atoms with Gasteiger partial charge in [0.05, 0.1) is 5.56 Å². The van der Waals surface area contributed by atoms with E-state index in [1.54, 1.807) is 30.3 Å². The highest BCUT2D eigenvalue weighted by Crippen LogP contribution is 2.27. The Kier molecular flexibility index (Phi) is 5.81. The monoisotopic (exact) mass is 368 g/mol. The van der Waals surface area contributed by atoms with Crippen molar-refractivity contribution in [1.82, 2.24) is 0 Å². The predicted molar refractivity (Wildman–Crippen MR) is 98.5 cm³/mol. The van der Waals surface area contributed by atoms with Gasteiger partial charge in [0.1, 0.15) is 24.0 Å². The normalized spacial score (nSPS) is 10.6. The minimum atomic E-state index is -0.832. The molecule has 0 aliphatic rings. The Hall–Kier alpha value is -3.21. The number of aryl methyl sites for hydroxylation is 1. The van der Waals surface area contributed by atoms with E-state index in [1.165, 1.54) is 18.2 Å².